The number of aliphatic hydroxyl groups is 1. The summed E-state index contributed by atoms with van der Waals surface area (Å²) in [6, 6.07) is 16.1. The van der Waals surface area contributed by atoms with Gasteiger partial charge in [0.15, 0.2) is 0 Å². The van der Waals surface area contributed by atoms with Gasteiger partial charge in [-0.2, -0.15) is 0 Å². The SMILES string of the molecule is CC(C)(O)c1cccc(C#Cc2cccc(C(=O)O)c2-n2cccc2)c1. The molecular weight excluding hydrogens is 326 g/mol. The van der Waals surface area contributed by atoms with Crippen molar-refractivity contribution in [3.63, 3.8) is 0 Å². The van der Waals surface area contributed by atoms with Crippen molar-refractivity contribution in [2.45, 2.75) is 19.4 Å². The lowest BCUT2D eigenvalue weighted by atomic mass is 9.96. The normalized spacial score (nSPS) is 10.9. The number of benzene rings is 2. The number of aromatic nitrogens is 1. The van der Waals surface area contributed by atoms with Crippen LogP contribution in [0.3, 0.4) is 0 Å². The summed E-state index contributed by atoms with van der Waals surface area (Å²) in [6.45, 7) is 3.44. The first-order chi connectivity index (χ1) is 12.4. The zero-order valence-electron chi connectivity index (χ0n) is 14.6. The molecule has 0 unspecified atom stereocenters. The van der Waals surface area contributed by atoms with Gasteiger partial charge in [0.25, 0.3) is 0 Å². The van der Waals surface area contributed by atoms with E-state index >= 15 is 0 Å². The Morgan fingerprint density at radius 1 is 1.00 bits per heavy atom. The van der Waals surface area contributed by atoms with Crippen molar-refractivity contribution in [1.29, 1.82) is 0 Å². The van der Waals surface area contributed by atoms with Crippen molar-refractivity contribution in [2.24, 2.45) is 0 Å². The van der Waals surface area contributed by atoms with Crippen molar-refractivity contribution in [1.82, 2.24) is 4.57 Å². The average Bonchev–Trinajstić information content (AvgIpc) is 3.13. The largest absolute Gasteiger partial charge is 0.478 e. The van der Waals surface area contributed by atoms with Gasteiger partial charge in [-0.25, -0.2) is 4.79 Å². The van der Waals surface area contributed by atoms with Gasteiger partial charge in [0.05, 0.1) is 16.9 Å². The molecule has 0 saturated heterocycles. The van der Waals surface area contributed by atoms with Crippen LogP contribution in [0.4, 0.5) is 0 Å². The number of nitrogens with zero attached hydrogens (tertiary/aromatic N) is 1. The number of para-hydroxylation sites is 1. The molecule has 0 fully saturated rings. The summed E-state index contributed by atoms with van der Waals surface area (Å²) in [5.74, 6) is 5.15. The van der Waals surface area contributed by atoms with Crippen LogP contribution in [0.2, 0.25) is 0 Å². The molecule has 0 aliphatic rings. The van der Waals surface area contributed by atoms with Crippen LogP contribution in [0, 0.1) is 11.8 Å². The minimum atomic E-state index is -0.999. The van der Waals surface area contributed by atoms with Gasteiger partial charge in [0.1, 0.15) is 0 Å². The summed E-state index contributed by atoms with van der Waals surface area (Å²) >= 11 is 0. The van der Waals surface area contributed by atoms with Crippen LogP contribution >= 0.6 is 0 Å². The first kappa shape index (κ1) is 17.5. The van der Waals surface area contributed by atoms with Crippen molar-refractivity contribution in [2.75, 3.05) is 0 Å². The van der Waals surface area contributed by atoms with Crippen molar-refractivity contribution in [3.05, 3.63) is 89.2 Å². The average molecular weight is 345 g/mol. The van der Waals surface area contributed by atoms with Gasteiger partial charge < -0.3 is 14.8 Å². The van der Waals surface area contributed by atoms with Gasteiger partial charge in [-0.05, 0) is 55.8 Å². The summed E-state index contributed by atoms with van der Waals surface area (Å²) in [4.78, 5) is 11.6. The molecule has 26 heavy (non-hydrogen) atoms. The number of hydrogen-bond acceptors (Lipinski definition) is 2. The third kappa shape index (κ3) is 3.69. The third-order valence-electron chi connectivity index (χ3n) is 4.04. The summed E-state index contributed by atoms with van der Waals surface area (Å²) in [6.07, 6.45) is 3.59. The van der Waals surface area contributed by atoms with Crippen LogP contribution in [0.25, 0.3) is 5.69 Å². The zero-order valence-corrected chi connectivity index (χ0v) is 14.6. The van der Waals surface area contributed by atoms with Crippen LogP contribution in [0.5, 0.6) is 0 Å². The second-order valence-electron chi connectivity index (χ2n) is 6.49. The Hall–Kier alpha value is -3.29. The fraction of sp³-hybridized carbons (Fsp3) is 0.136. The fourth-order valence-corrected chi connectivity index (χ4v) is 2.70. The lowest BCUT2D eigenvalue weighted by Gasteiger charge is -2.17. The highest BCUT2D eigenvalue weighted by Crippen LogP contribution is 2.22. The molecule has 3 aromatic rings. The molecule has 3 rings (SSSR count). The highest BCUT2D eigenvalue weighted by molar-refractivity contribution is 5.93. The van der Waals surface area contributed by atoms with E-state index in [1.54, 1.807) is 49.0 Å². The molecular formula is C22H19NO3. The Balaban J connectivity index is 2.09. The maximum absolute atomic E-state index is 11.6. The van der Waals surface area contributed by atoms with Crippen molar-refractivity contribution in [3.8, 4) is 17.5 Å². The van der Waals surface area contributed by atoms with Crippen LogP contribution in [0.15, 0.2) is 67.0 Å². The van der Waals surface area contributed by atoms with E-state index in [2.05, 4.69) is 11.8 Å². The number of carboxylic acids is 1. The topological polar surface area (TPSA) is 62.5 Å². The monoisotopic (exact) mass is 345 g/mol. The molecule has 0 spiro atoms. The number of aromatic carboxylic acids is 1. The van der Waals surface area contributed by atoms with E-state index in [1.807, 2.05) is 36.4 Å². The third-order valence-corrected chi connectivity index (χ3v) is 4.04. The summed E-state index contributed by atoms with van der Waals surface area (Å²) in [7, 11) is 0. The van der Waals surface area contributed by atoms with Crippen molar-refractivity contribution >= 4 is 5.97 Å². The lowest BCUT2D eigenvalue weighted by molar-refractivity contribution is 0.0696. The Bertz CT molecular complexity index is 1000. The molecule has 130 valence electrons. The number of carboxylic acid groups (broad SMARTS) is 1. The Kier molecular flexibility index (Phi) is 4.66. The molecule has 0 radical (unpaired) electrons. The lowest BCUT2D eigenvalue weighted by Crippen LogP contribution is -2.15. The molecule has 4 nitrogen and oxygen atoms in total. The number of rotatable bonds is 3. The number of carbonyl (C=O) groups is 1. The standard InChI is InChI=1S/C22H19NO3/c1-22(2,26)18-9-5-7-16(15-18)11-12-17-8-6-10-19(21(24)25)20(17)23-13-3-4-14-23/h3-10,13-15,26H,1-2H3,(H,24,25). The molecule has 1 heterocycles. The van der Waals surface area contributed by atoms with Crippen LogP contribution in [-0.4, -0.2) is 20.7 Å². The fourth-order valence-electron chi connectivity index (χ4n) is 2.70. The van der Waals surface area contributed by atoms with E-state index in [9.17, 15) is 15.0 Å². The maximum atomic E-state index is 11.6. The predicted molar refractivity (Wildman–Crippen MR) is 100 cm³/mol. The Morgan fingerprint density at radius 3 is 2.35 bits per heavy atom. The van der Waals surface area contributed by atoms with E-state index in [4.69, 9.17) is 0 Å². The van der Waals surface area contributed by atoms with E-state index < -0.39 is 11.6 Å². The molecule has 0 aliphatic carbocycles. The van der Waals surface area contributed by atoms with E-state index in [1.165, 1.54) is 0 Å². The van der Waals surface area contributed by atoms with Gasteiger partial charge in [0, 0.05) is 23.5 Å². The minimum Gasteiger partial charge on any atom is -0.478 e. The number of hydrogen-bond donors (Lipinski definition) is 2. The van der Waals surface area contributed by atoms with Crippen molar-refractivity contribution < 1.29 is 15.0 Å². The maximum Gasteiger partial charge on any atom is 0.337 e. The molecule has 1 aromatic heterocycles. The Labute approximate surface area is 152 Å². The molecule has 2 aromatic carbocycles. The van der Waals surface area contributed by atoms with Gasteiger partial charge >= 0.3 is 5.97 Å². The second kappa shape index (κ2) is 6.91. The second-order valence-corrected chi connectivity index (χ2v) is 6.49. The van der Waals surface area contributed by atoms with E-state index in [-0.39, 0.29) is 5.56 Å². The molecule has 0 bridgehead atoms. The van der Waals surface area contributed by atoms with Gasteiger partial charge in [0.2, 0.25) is 0 Å². The molecule has 0 aliphatic heterocycles. The van der Waals surface area contributed by atoms with E-state index in [0.717, 1.165) is 11.1 Å². The smallest absolute Gasteiger partial charge is 0.337 e. The van der Waals surface area contributed by atoms with Crippen LogP contribution in [0.1, 0.15) is 40.9 Å². The summed E-state index contributed by atoms with van der Waals surface area (Å²) in [5, 5.41) is 19.7. The van der Waals surface area contributed by atoms with E-state index in [0.29, 0.717) is 11.3 Å². The van der Waals surface area contributed by atoms with Crippen LogP contribution in [-0.2, 0) is 5.60 Å². The van der Waals surface area contributed by atoms with Gasteiger partial charge in [-0.3, -0.25) is 0 Å². The highest BCUT2D eigenvalue weighted by atomic mass is 16.4. The van der Waals surface area contributed by atoms with Gasteiger partial charge in [-0.15, -0.1) is 0 Å². The van der Waals surface area contributed by atoms with Gasteiger partial charge in [-0.1, -0.05) is 30.0 Å². The molecule has 0 atom stereocenters. The first-order valence-electron chi connectivity index (χ1n) is 8.21. The molecule has 0 amide bonds. The minimum absolute atomic E-state index is 0.193. The predicted octanol–water partition coefficient (Wildman–Crippen LogP) is 3.80. The van der Waals surface area contributed by atoms with Crippen LogP contribution < -0.4 is 0 Å². The summed E-state index contributed by atoms with van der Waals surface area (Å²) in [5.41, 5.74) is 1.93. The highest BCUT2D eigenvalue weighted by Gasteiger charge is 2.16. The first-order valence-corrected chi connectivity index (χ1v) is 8.21. The summed E-state index contributed by atoms with van der Waals surface area (Å²) < 4.78 is 1.75. The molecule has 2 N–H and O–H groups in total. The zero-order chi connectivity index (χ0) is 18.7. The molecule has 4 heteroatoms. The quantitative estimate of drug-likeness (QED) is 0.710. The Morgan fingerprint density at radius 2 is 1.69 bits per heavy atom. The molecule has 0 saturated carbocycles.